The molecule has 3 heterocycles. The number of fused-ring (bicyclic) bond motifs is 1. The Morgan fingerprint density at radius 3 is 3.04 bits per heavy atom. The van der Waals surface area contributed by atoms with Crippen molar-refractivity contribution in [2.75, 3.05) is 44.7 Å². The number of rotatable bonds is 2. The fourth-order valence-corrected chi connectivity index (χ4v) is 4.05. The normalized spacial score (nSPS) is 21.3. The number of benzene rings is 1. The molecule has 24 heavy (non-hydrogen) atoms. The van der Waals surface area contributed by atoms with Gasteiger partial charge in [-0.05, 0) is 29.1 Å². The van der Waals surface area contributed by atoms with E-state index in [4.69, 9.17) is 4.74 Å². The van der Waals surface area contributed by atoms with E-state index in [0.29, 0.717) is 6.04 Å². The Labute approximate surface area is 145 Å². The maximum atomic E-state index is 12.6. The van der Waals surface area contributed by atoms with Crippen molar-refractivity contribution >= 4 is 23.1 Å². The highest BCUT2D eigenvalue weighted by molar-refractivity contribution is 7.13. The summed E-state index contributed by atoms with van der Waals surface area (Å²) in [5.74, 6) is 0. The fraction of sp³-hybridized carbons (Fsp3) is 0.389. The standard InChI is InChI=1S/C18H21N3O2S/c22-18(21-7-6-20-8-9-23-13-16(20)12-21)19-15-4-1-3-14(11-15)17-5-2-10-24-17/h1-5,10-11,16H,6-9,12-13H2,(H,19,22). The lowest BCUT2D eigenvalue weighted by Gasteiger charge is -2.43. The first-order chi connectivity index (χ1) is 11.8. The molecule has 126 valence electrons. The van der Waals surface area contributed by atoms with E-state index in [1.165, 1.54) is 4.88 Å². The minimum atomic E-state index is -0.0245. The quantitative estimate of drug-likeness (QED) is 0.912. The van der Waals surface area contributed by atoms with Crippen LogP contribution in [0, 0.1) is 0 Å². The van der Waals surface area contributed by atoms with Crippen LogP contribution in [0.2, 0.25) is 0 Å². The summed E-state index contributed by atoms with van der Waals surface area (Å²) in [6, 6.07) is 12.5. The van der Waals surface area contributed by atoms with Crippen molar-refractivity contribution in [3.05, 3.63) is 41.8 Å². The number of hydrogen-bond acceptors (Lipinski definition) is 4. The van der Waals surface area contributed by atoms with Crippen molar-refractivity contribution in [2.24, 2.45) is 0 Å². The number of piperazine rings is 1. The lowest BCUT2D eigenvalue weighted by molar-refractivity contribution is -0.0355. The summed E-state index contributed by atoms with van der Waals surface area (Å²) in [6.07, 6.45) is 0. The van der Waals surface area contributed by atoms with Crippen molar-refractivity contribution in [1.82, 2.24) is 9.80 Å². The molecular weight excluding hydrogens is 322 g/mol. The highest BCUT2D eigenvalue weighted by atomic mass is 32.1. The number of carbonyl (C=O) groups is 1. The third-order valence-corrected chi connectivity index (χ3v) is 5.56. The summed E-state index contributed by atoms with van der Waals surface area (Å²) >= 11 is 1.70. The molecule has 0 spiro atoms. The first-order valence-electron chi connectivity index (χ1n) is 8.31. The average molecular weight is 343 g/mol. The summed E-state index contributed by atoms with van der Waals surface area (Å²) in [5.41, 5.74) is 1.97. The smallest absolute Gasteiger partial charge is 0.321 e. The van der Waals surface area contributed by atoms with Crippen molar-refractivity contribution in [3.63, 3.8) is 0 Å². The van der Waals surface area contributed by atoms with Gasteiger partial charge < -0.3 is 15.0 Å². The first kappa shape index (κ1) is 15.6. The molecule has 2 amide bonds. The number of urea groups is 1. The molecule has 6 heteroatoms. The fourth-order valence-electron chi connectivity index (χ4n) is 3.33. The molecule has 0 radical (unpaired) electrons. The second kappa shape index (κ2) is 6.93. The van der Waals surface area contributed by atoms with E-state index >= 15 is 0 Å². The third-order valence-electron chi connectivity index (χ3n) is 4.64. The topological polar surface area (TPSA) is 44.8 Å². The van der Waals surface area contributed by atoms with Crippen LogP contribution in [0.5, 0.6) is 0 Å². The average Bonchev–Trinajstić information content (AvgIpc) is 3.16. The predicted octanol–water partition coefficient (Wildman–Crippen LogP) is 2.96. The number of thiophene rings is 1. The van der Waals surface area contributed by atoms with Gasteiger partial charge in [0.1, 0.15) is 0 Å². The van der Waals surface area contributed by atoms with Gasteiger partial charge >= 0.3 is 6.03 Å². The number of ether oxygens (including phenoxy) is 1. The van der Waals surface area contributed by atoms with E-state index in [9.17, 15) is 4.79 Å². The monoisotopic (exact) mass is 343 g/mol. The van der Waals surface area contributed by atoms with Gasteiger partial charge in [0.05, 0.1) is 19.3 Å². The molecule has 0 bridgehead atoms. The molecular formula is C18H21N3O2S. The van der Waals surface area contributed by atoms with Gasteiger partial charge in [0.15, 0.2) is 0 Å². The SMILES string of the molecule is O=C(Nc1cccc(-c2cccs2)c1)N1CCN2CCOCC2C1. The maximum absolute atomic E-state index is 12.6. The summed E-state index contributed by atoms with van der Waals surface area (Å²) in [7, 11) is 0. The summed E-state index contributed by atoms with van der Waals surface area (Å²) in [6.45, 7) is 4.93. The van der Waals surface area contributed by atoms with E-state index in [-0.39, 0.29) is 6.03 Å². The van der Waals surface area contributed by atoms with Crippen molar-refractivity contribution < 1.29 is 9.53 Å². The molecule has 2 fully saturated rings. The van der Waals surface area contributed by atoms with E-state index in [0.717, 1.165) is 50.6 Å². The molecule has 2 aliphatic heterocycles. The van der Waals surface area contributed by atoms with Gasteiger partial charge in [0.25, 0.3) is 0 Å². The second-order valence-electron chi connectivity index (χ2n) is 6.20. The van der Waals surface area contributed by atoms with Gasteiger partial charge in [0, 0.05) is 36.7 Å². The lowest BCUT2D eigenvalue weighted by Crippen LogP contribution is -2.59. The van der Waals surface area contributed by atoms with E-state index in [2.05, 4.69) is 27.7 Å². The molecule has 0 aliphatic carbocycles. The van der Waals surface area contributed by atoms with Gasteiger partial charge in [-0.1, -0.05) is 18.2 Å². The van der Waals surface area contributed by atoms with Crippen LogP contribution in [-0.4, -0.2) is 61.3 Å². The Balaban J connectivity index is 1.42. The van der Waals surface area contributed by atoms with E-state index in [1.807, 2.05) is 29.2 Å². The minimum absolute atomic E-state index is 0.0245. The van der Waals surface area contributed by atoms with Gasteiger partial charge in [-0.2, -0.15) is 0 Å². The zero-order chi connectivity index (χ0) is 16.4. The van der Waals surface area contributed by atoms with Crippen LogP contribution < -0.4 is 5.32 Å². The number of nitrogens with zero attached hydrogens (tertiary/aromatic N) is 2. The predicted molar refractivity (Wildman–Crippen MR) is 96.5 cm³/mol. The van der Waals surface area contributed by atoms with Crippen molar-refractivity contribution in [1.29, 1.82) is 0 Å². The molecule has 2 aliphatic rings. The maximum Gasteiger partial charge on any atom is 0.321 e. The van der Waals surface area contributed by atoms with Crippen LogP contribution in [-0.2, 0) is 4.74 Å². The number of nitrogens with one attached hydrogen (secondary N) is 1. The molecule has 2 aromatic rings. The van der Waals surface area contributed by atoms with Crippen LogP contribution >= 0.6 is 11.3 Å². The highest BCUT2D eigenvalue weighted by Gasteiger charge is 2.31. The van der Waals surface area contributed by atoms with Crippen LogP contribution in [0.25, 0.3) is 10.4 Å². The summed E-state index contributed by atoms with van der Waals surface area (Å²) < 4.78 is 5.54. The zero-order valence-electron chi connectivity index (χ0n) is 13.5. The number of amides is 2. The van der Waals surface area contributed by atoms with E-state index in [1.54, 1.807) is 11.3 Å². The van der Waals surface area contributed by atoms with Crippen molar-refractivity contribution in [3.8, 4) is 10.4 Å². The Morgan fingerprint density at radius 1 is 1.21 bits per heavy atom. The Kier molecular flexibility index (Phi) is 4.51. The van der Waals surface area contributed by atoms with Gasteiger partial charge in [-0.3, -0.25) is 4.90 Å². The number of hydrogen-bond donors (Lipinski definition) is 1. The van der Waals surface area contributed by atoms with Crippen LogP contribution in [0.15, 0.2) is 41.8 Å². The lowest BCUT2D eigenvalue weighted by atomic mass is 10.1. The summed E-state index contributed by atoms with van der Waals surface area (Å²) in [5, 5.41) is 5.10. The number of carbonyl (C=O) groups excluding carboxylic acids is 1. The van der Waals surface area contributed by atoms with Crippen LogP contribution in [0.1, 0.15) is 0 Å². The number of anilines is 1. The molecule has 1 N–H and O–H groups in total. The van der Waals surface area contributed by atoms with Crippen LogP contribution in [0.4, 0.5) is 10.5 Å². The molecule has 1 atom stereocenters. The summed E-state index contributed by atoms with van der Waals surface area (Å²) in [4.78, 5) is 18.1. The van der Waals surface area contributed by atoms with Crippen molar-refractivity contribution in [2.45, 2.75) is 6.04 Å². The van der Waals surface area contributed by atoms with Gasteiger partial charge in [-0.15, -0.1) is 11.3 Å². The third kappa shape index (κ3) is 3.31. The first-order valence-corrected chi connectivity index (χ1v) is 9.19. The van der Waals surface area contributed by atoms with Gasteiger partial charge in [0.2, 0.25) is 0 Å². The molecule has 1 unspecified atom stereocenters. The second-order valence-corrected chi connectivity index (χ2v) is 7.15. The number of morpholine rings is 1. The Morgan fingerprint density at radius 2 is 2.17 bits per heavy atom. The molecule has 5 nitrogen and oxygen atoms in total. The minimum Gasteiger partial charge on any atom is -0.378 e. The molecule has 2 saturated heterocycles. The van der Waals surface area contributed by atoms with E-state index < -0.39 is 0 Å². The Bertz CT molecular complexity index is 704. The Hall–Kier alpha value is -1.89. The highest BCUT2D eigenvalue weighted by Crippen LogP contribution is 2.27. The van der Waals surface area contributed by atoms with Crippen LogP contribution in [0.3, 0.4) is 0 Å². The molecule has 0 saturated carbocycles. The molecule has 1 aromatic carbocycles. The van der Waals surface area contributed by atoms with Gasteiger partial charge in [-0.25, -0.2) is 4.79 Å². The largest absolute Gasteiger partial charge is 0.378 e. The molecule has 4 rings (SSSR count). The molecule has 1 aromatic heterocycles. The zero-order valence-corrected chi connectivity index (χ0v) is 14.3.